The Morgan fingerprint density at radius 3 is 2.74 bits per heavy atom. The number of carboxylic acid groups (broad SMARTS) is 1. The molecule has 2 fully saturated rings. The number of aliphatic hydroxyl groups excluding tert-OH is 1. The molecule has 0 aromatic rings. The van der Waals surface area contributed by atoms with E-state index in [1.165, 1.54) is 4.90 Å². The summed E-state index contributed by atoms with van der Waals surface area (Å²) in [6.07, 6.45) is 4.49. The van der Waals surface area contributed by atoms with Crippen LogP contribution in [0.5, 0.6) is 0 Å². The number of aliphatic carboxylic acids is 1. The summed E-state index contributed by atoms with van der Waals surface area (Å²) in [6, 6.07) is -1.17. The first-order chi connectivity index (χ1) is 9.02. The molecule has 2 rings (SSSR count). The Bertz CT molecular complexity index is 366. The molecular formula is C12H20N2O4S. The first-order valence-electron chi connectivity index (χ1n) is 6.53. The minimum absolute atomic E-state index is 0.0967. The lowest BCUT2D eigenvalue weighted by molar-refractivity contribution is -0.141. The Morgan fingerprint density at radius 2 is 2.11 bits per heavy atom. The van der Waals surface area contributed by atoms with E-state index >= 15 is 0 Å². The number of thioether (sulfide) groups is 1. The smallest absolute Gasteiger partial charge is 0.326 e. The van der Waals surface area contributed by atoms with Crippen molar-refractivity contribution < 1.29 is 19.8 Å². The van der Waals surface area contributed by atoms with Gasteiger partial charge in [0.15, 0.2) is 0 Å². The van der Waals surface area contributed by atoms with Crippen LogP contribution in [0.2, 0.25) is 0 Å². The summed E-state index contributed by atoms with van der Waals surface area (Å²) in [7, 11) is 0. The predicted molar refractivity (Wildman–Crippen MR) is 72.2 cm³/mol. The van der Waals surface area contributed by atoms with Crippen molar-refractivity contribution in [1.82, 2.24) is 10.2 Å². The van der Waals surface area contributed by atoms with Gasteiger partial charge in [0.2, 0.25) is 0 Å². The highest BCUT2D eigenvalue weighted by Gasteiger charge is 2.40. The largest absolute Gasteiger partial charge is 0.480 e. The average Bonchev–Trinajstić information content (AvgIpc) is 2.95. The van der Waals surface area contributed by atoms with Crippen LogP contribution in [0.1, 0.15) is 25.7 Å². The van der Waals surface area contributed by atoms with Gasteiger partial charge < -0.3 is 20.4 Å². The lowest BCUT2D eigenvalue weighted by atomic mass is 10.2. The fraction of sp³-hybridized carbons (Fsp3) is 0.833. The second kappa shape index (κ2) is 6.00. The standard InChI is InChI=1S/C12H20N2O4S/c1-19-10-4-2-3-8(10)13-12(18)14-6-7(15)5-9(14)11(16)17/h7-10,15H,2-6H2,1H3,(H,13,18)(H,16,17)/t7-,8?,9-,10?/m0/s1. The van der Waals surface area contributed by atoms with E-state index in [1.54, 1.807) is 11.8 Å². The van der Waals surface area contributed by atoms with E-state index in [1.807, 2.05) is 6.26 Å². The molecule has 2 unspecified atom stereocenters. The Hall–Kier alpha value is -0.950. The third kappa shape index (κ3) is 3.14. The normalized spacial score (nSPS) is 34.5. The molecule has 6 nitrogen and oxygen atoms in total. The second-order valence-electron chi connectivity index (χ2n) is 5.16. The van der Waals surface area contributed by atoms with E-state index in [0.29, 0.717) is 5.25 Å². The minimum Gasteiger partial charge on any atom is -0.480 e. The summed E-state index contributed by atoms with van der Waals surface area (Å²) >= 11 is 1.73. The molecule has 0 bridgehead atoms. The number of carbonyl (C=O) groups excluding carboxylic acids is 1. The number of nitrogens with one attached hydrogen (secondary N) is 1. The fourth-order valence-corrected chi connectivity index (χ4v) is 3.82. The van der Waals surface area contributed by atoms with Gasteiger partial charge in [-0.05, 0) is 19.1 Å². The van der Waals surface area contributed by atoms with Crippen LogP contribution in [0.15, 0.2) is 0 Å². The molecule has 1 heterocycles. The Balaban J connectivity index is 1.97. The van der Waals surface area contributed by atoms with Crippen LogP contribution in [0.4, 0.5) is 4.79 Å². The Morgan fingerprint density at radius 1 is 1.37 bits per heavy atom. The number of hydrogen-bond acceptors (Lipinski definition) is 4. The predicted octanol–water partition coefficient (Wildman–Crippen LogP) is 0.500. The van der Waals surface area contributed by atoms with E-state index in [0.717, 1.165) is 19.3 Å². The van der Waals surface area contributed by atoms with Crippen molar-refractivity contribution in [3.8, 4) is 0 Å². The molecule has 0 aromatic heterocycles. The summed E-state index contributed by atoms with van der Waals surface area (Å²) in [5.41, 5.74) is 0. The number of carbonyl (C=O) groups is 2. The molecule has 108 valence electrons. The average molecular weight is 288 g/mol. The van der Waals surface area contributed by atoms with Crippen LogP contribution in [0, 0.1) is 0 Å². The Labute approximate surface area is 116 Å². The molecule has 2 aliphatic rings. The number of carboxylic acids is 1. The van der Waals surface area contributed by atoms with Gasteiger partial charge in [0.1, 0.15) is 6.04 Å². The molecule has 19 heavy (non-hydrogen) atoms. The van der Waals surface area contributed by atoms with E-state index in [4.69, 9.17) is 5.11 Å². The summed E-state index contributed by atoms with van der Waals surface area (Å²) in [5, 5.41) is 21.9. The van der Waals surface area contributed by atoms with Gasteiger partial charge in [-0.15, -0.1) is 0 Å². The highest BCUT2D eigenvalue weighted by molar-refractivity contribution is 7.99. The van der Waals surface area contributed by atoms with Crippen LogP contribution >= 0.6 is 11.8 Å². The monoisotopic (exact) mass is 288 g/mol. The first kappa shape index (κ1) is 14.5. The number of β-amino-alcohol motifs (C(OH)–C–C–N with tert-alkyl or cyclic N) is 1. The minimum atomic E-state index is -1.06. The SMILES string of the molecule is CSC1CCCC1NC(=O)N1C[C@@H](O)C[C@H]1C(=O)O. The molecule has 1 saturated carbocycles. The third-order valence-corrected chi connectivity index (χ3v) is 5.06. The van der Waals surface area contributed by atoms with Crippen molar-refractivity contribution in [3.05, 3.63) is 0 Å². The van der Waals surface area contributed by atoms with Crippen LogP contribution in [-0.4, -0.2) is 63.4 Å². The molecule has 1 saturated heterocycles. The van der Waals surface area contributed by atoms with Crippen molar-refractivity contribution in [1.29, 1.82) is 0 Å². The molecule has 3 N–H and O–H groups in total. The zero-order valence-corrected chi connectivity index (χ0v) is 11.7. The maximum absolute atomic E-state index is 12.2. The van der Waals surface area contributed by atoms with E-state index in [-0.39, 0.29) is 25.0 Å². The lowest BCUT2D eigenvalue weighted by Crippen LogP contribution is -2.50. The van der Waals surface area contributed by atoms with Crippen molar-refractivity contribution in [2.24, 2.45) is 0 Å². The maximum Gasteiger partial charge on any atom is 0.326 e. The molecule has 7 heteroatoms. The number of amides is 2. The lowest BCUT2D eigenvalue weighted by Gasteiger charge is -2.26. The summed E-state index contributed by atoms with van der Waals surface area (Å²) < 4.78 is 0. The molecule has 1 aliphatic carbocycles. The van der Waals surface area contributed by atoms with Gasteiger partial charge in [-0.1, -0.05) is 6.42 Å². The number of aliphatic hydroxyl groups is 1. The number of hydrogen-bond donors (Lipinski definition) is 3. The van der Waals surface area contributed by atoms with E-state index in [9.17, 15) is 14.7 Å². The summed E-state index contributed by atoms with van der Waals surface area (Å²) in [6.45, 7) is 0.0967. The van der Waals surface area contributed by atoms with Crippen molar-refractivity contribution in [2.45, 2.75) is 49.1 Å². The Kier molecular flexibility index (Phi) is 4.57. The van der Waals surface area contributed by atoms with Crippen LogP contribution < -0.4 is 5.32 Å². The van der Waals surface area contributed by atoms with Crippen molar-refractivity contribution in [3.63, 3.8) is 0 Å². The van der Waals surface area contributed by atoms with Crippen LogP contribution in [0.3, 0.4) is 0 Å². The van der Waals surface area contributed by atoms with Crippen molar-refractivity contribution >= 4 is 23.8 Å². The molecule has 0 spiro atoms. The molecule has 0 aromatic carbocycles. The number of nitrogens with zero attached hydrogens (tertiary/aromatic N) is 1. The fourth-order valence-electron chi connectivity index (χ4n) is 2.89. The first-order valence-corrected chi connectivity index (χ1v) is 7.82. The number of rotatable bonds is 3. The topological polar surface area (TPSA) is 89.9 Å². The van der Waals surface area contributed by atoms with Gasteiger partial charge in [-0.25, -0.2) is 9.59 Å². The summed E-state index contributed by atoms with van der Waals surface area (Å²) in [4.78, 5) is 24.5. The zero-order valence-electron chi connectivity index (χ0n) is 10.9. The molecular weight excluding hydrogens is 268 g/mol. The maximum atomic E-state index is 12.2. The van der Waals surface area contributed by atoms with Gasteiger partial charge in [-0.3, -0.25) is 0 Å². The summed E-state index contributed by atoms with van der Waals surface area (Å²) in [5.74, 6) is -1.06. The van der Waals surface area contributed by atoms with Gasteiger partial charge >= 0.3 is 12.0 Å². The van der Waals surface area contributed by atoms with Gasteiger partial charge in [0.25, 0.3) is 0 Å². The molecule has 4 atom stereocenters. The second-order valence-corrected chi connectivity index (χ2v) is 6.23. The van der Waals surface area contributed by atoms with Crippen LogP contribution in [0.25, 0.3) is 0 Å². The highest BCUT2D eigenvalue weighted by Crippen LogP contribution is 2.29. The zero-order chi connectivity index (χ0) is 14.0. The molecule has 0 radical (unpaired) electrons. The van der Waals surface area contributed by atoms with Crippen molar-refractivity contribution in [2.75, 3.05) is 12.8 Å². The van der Waals surface area contributed by atoms with Gasteiger partial charge in [0, 0.05) is 24.3 Å². The van der Waals surface area contributed by atoms with Gasteiger partial charge in [-0.2, -0.15) is 11.8 Å². The number of urea groups is 1. The number of likely N-dealkylation sites (tertiary alicyclic amines) is 1. The quantitative estimate of drug-likeness (QED) is 0.703. The molecule has 2 amide bonds. The highest BCUT2D eigenvalue weighted by atomic mass is 32.2. The van der Waals surface area contributed by atoms with E-state index in [2.05, 4.69) is 5.32 Å². The third-order valence-electron chi connectivity index (χ3n) is 3.89. The molecule has 1 aliphatic heterocycles. The van der Waals surface area contributed by atoms with Crippen LogP contribution in [-0.2, 0) is 4.79 Å². The van der Waals surface area contributed by atoms with Gasteiger partial charge in [0.05, 0.1) is 6.10 Å². The van der Waals surface area contributed by atoms with E-state index < -0.39 is 18.1 Å².